The van der Waals surface area contributed by atoms with Gasteiger partial charge in [0.1, 0.15) is 0 Å². The van der Waals surface area contributed by atoms with Crippen LogP contribution in [0.4, 0.5) is 5.69 Å². The predicted octanol–water partition coefficient (Wildman–Crippen LogP) is 3.50. The maximum absolute atomic E-state index is 5.77. The number of hydrogen-bond donors (Lipinski definition) is 1. The smallest absolute Gasteiger partial charge is 0.0750 e. The van der Waals surface area contributed by atoms with Crippen LogP contribution in [0.3, 0.4) is 0 Å². The predicted molar refractivity (Wildman–Crippen MR) is 90.0 cm³/mol. The lowest BCUT2D eigenvalue weighted by Crippen LogP contribution is -2.32. The van der Waals surface area contributed by atoms with E-state index in [1.165, 1.54) is 36.1 Å². The monoisotopic (exact) mass is 290 g/mol. The first-order valence-electron chi connectivity index (χ1n) is 8.41. The zero-order chi connectivity index (χ0) is 15.1. The largest absolute Gasteiger partial charge is 0.376 e. The number of ether oxygens (including phenoxy) is 1. The van der Waals surface area contributed by atoms with E-state index in [2.05, 4.69) is 49.2 Å². The Labute approximate surface area is 129 Å². The number of rotatable bonds is 8. The molecule has 0 aromatic heterocycles. The van der Waals surface area contributed by atoms with E-state index >= 15 is 0 Å². The fourth-order valence-corrected chi connectivity index (χ4v) is 2.93. The Kier molecular flexibility index (Phi) is 6.52. The molecule has 21 heavy (non-hydrogen) atoms. The quantitative estimate of drug-likeness (QED) is 0.742. The number of hydrogen-bond acceptors (Lipinski definition) is 3. The van der Waals surface area contributed by atoms with Gasteiger partial charge >= 0.3 is 0 Å². The van der Waals surface area contributed by atoms with Gasteiger partial charge in [0.25, 0.3) is 0 Å². The van der Waals surface area contributed by atoms with Crippen LogP contribution in [0.1, 0.15) is 44.2 Å². The molecule has 0 radical (unpaired) electrons. The molecule has 1 unspecified atom stereocenters. The Morgan fingerprint density at radius 3 is 2.81 bits per heavy atom. The molecule has 1 aromatic rings. The van der Waals surface area contributed by atoms with Crippen molar-refractivity contribution in [2.45, 2.75) is 52.7 Å². The van der Waals surface area contributed by atoms with Gasteiger partial charge in [-0.05, 0) is 62.9 Å². The van der Waals surface area contributed by atoms with Gasteiger partial charge in [-0.25, -0.2) is 0 Å². The van der Waals surface area contributed by atoms with E-state index in [0.717, 1.165) is 32.8 Å². The SMILES string of the molecule is CCCNCc1ccc(N(CC)CC2CCCO2)cc1C. The molecule has 1 saturated heterocycles. The van der Waals surface area contributed by atoms with Crippen LogP contribution in [-0.4, -0.2) is 32.3 Å². The molecule has 3 nitrogen and oxygen atoms in total. The maximum Gasteiger partial charge on any atom is 0.0750 e. The molecule has 2 rings (SSSR count). The van der Waals surface area contributed by atoms with Crippen LogP contribution in [0.5, 0.6) is 0 Å². The second-order valence-corrected chi connectivity index (χ2v) is 5.96. The fourth-order valence-electron chi connectivity index (χ4n) is 2.93. The van der Waals surface area contributed by atoms with Crippen LogP contribution in [0.2, 0.25) is 0 Å². The van der Waals surface area contributed by atoms with Crippen molar-refractivity contribution in [3.05, 3.63) is 29.3 Å². The van der Waals surface area contributed by atoms with E-state index in [0.29, 0.717) is 6.10 Å². The second kappa shape index (κ2) is 8.40. The molecule has 1 atom stereocenters. The van der Waals surface area contributed by atoms with Gasteiger partial charge in [-0.3, -0.25) is 0 Å². The first-order chi connectivity index (χ1) is 10.2. The van der Waals surface area contributed by atoms with Crippen molar-refractivity contribution in [1.29, 1.82) is 0 Å². The summed E-state index contributed by atoms with van der Waals surface area (Å²) in [6, 6.07) is 6.85. The van der Waals surface area contributed by atoms with Gasteiger partial charge < -0.3 is 15.0 Å². The van der Waals surface area contributed by atoms with Crippen molar-refractivity contribution in [1.82, 2.24) is 5.32 Å². The van der Waals surface area contributed by atoms with Crippen molar-refractivity contribution in [2.24, 2.45) is 0 Å². The topological polar surface area (TPSA) is 24.5 Å². The van der Waals surface area contributed by atoms with E-state index in [1.807, 2.05) is 0 Å². The number of likely N-dealkylation sites (N-methyl/N-ethyl adjacent to an activating group) is 1. The molecule has 0 amide bonds. The Morgan fingerprint density at radius 2 is 2.19 bits per heavy atom. The summed E-state index contributed by atoms with van der Waals surface area (Å²) in [5.41, 5.74) is 4.10. The van der Waals surface area contributed by atoms with Gasteiger partial charge in [0.2, 0.25) is 0 Å². The van der Waals surface area contributed by atoms with Crippen LogP contribution in [-0.2, 0) is 11.3 Å². The second-order valence-electron chi connectivity index (χ2n) is 5.96. The van der Waals surface area contributed by atoms with Crippen molar-refractivity contribution >= 4 is 5.69 Å². The summed E-state index contributed by atoms with van der Waals surface area (Å²) in [5, 5.41) is 3.48. The molecule has 0 saturated carbocycles. The highest BCUT2D eigenvalue weighted by molar-refractivity contribution is 5.51. The molecule has 1 N–H and O–H groups in total. The molecule has 0 bridgehead atoms. The molecule has 1 aliphatic rings. The Balaban J connectivity index is 1.98. The molecule has 1 heterocycles. The third-order valence-corrected chi connectivity index (χ3v) is 4.26. The minimum Gasteiger partial charge on any atom is -0.376 e. The van der Waals surface area contributed by atoms with E-state index < -0.39 is 0 Å². The highest BCUT2D eigenvalue weighted by atomic mass is 16.5. The van der Waals surface area contributed by atoms with Gasteiger partial charge in [0.05, 0.1) is 6.10 Å². The van der Waals surface area contributed by atoms with E-state index in [-0.39, 0.29) is 0 Å². The van der Waals surface area contributed by atoms with E-state index in [9.17, 15) is 0 Å². The van der Waals surface area contributed by atoms with Crippen molar-refractivity contribution < 1.29 is 4.74 Å². The zero-order valence-electron chi connectivity index (χ0n) is 13.8. The fraction of sp³-hybridized carbons (Fsp3) is 0.667. The van der Waals surface area contributed by atoms with Crippen LogP contribution in [0, 0.1) is 6.92 Å². The molecule has 3 heteroatoms. The molecule has 0 aliphatic carbocycles. The molecule has 118 valence electrons. The molecule has 1 aromatic carbocycles. The summed E-state index contributed by atoms with van der Waals surface area (Å²) in [6.45, 7) is 11.7. The number of benzene rings is 1. The molecular formula is C18H30N2O. The van der Waals surface area contributed by atoms with Crippen LogP contribution >= 0.6 is 0 Å². The van der Waals surface area contributed by atoms with E-state index in [4.69, 9.17) is 4.74 Å². The van der Waals surface area contributed by atoms with Crippen molar-refractivity contribution in [3.8, 4) is 0 Å². The minimum absolute atomic E-state index is 0.413. The molecule has 1 fully saturated rings. The number of anilines is 1. The standard InChI is InChI=1S/C18H30N2O/c1-4-10-19-13-16-8-9-17(12-15(16)3)20(5-2)14-18-7-6-11-21-18/h8-9,12,18-19H,4-7,10-11,13-14H2,1-3H3. The van der Waals surface area contributed by atoms with Crippen molar-refractivity contribution in [3.63, 3.8) is 0 Å². The van der Waals surface area contributed by atoms with Crippen LogP contribution < -0.4 is 10.2 Å². The summed E-state index contributed by atoms with van der Waals surface area (Å²) >= 11 is 0. The summed E-state index contributed by atoms with van der Waals surface area (Å²) in [6.07, 6.45) is 4.01. The van der Waals surface area contributed by atoms with Gasteiger partial charge in [0, 0.05) is 31.9 Å². The number of nitrogens with one attached hydrogen (secondary N) is 1. The summed E-state index contributed by atoms with van der Waals surface area (Å²) in [7, 11) is 0. The highest BCUT2D eigenvalue weighted by Gasteiger charge is 2.19. The van der Waals surface area contributed by atoms with Gasteiger partial charge in [0.15, 0.2) is 0 Å². The lowest BCUT2D eigenvalue weighted by atomic mass is 10.1. The zero-order valence-corrected chi connectivity index (χ0v) is 13.8. The minimum atomic E-state index is 0.413. The van der Waals surface area contributed by atoms with Crippen LogP contribution in [0.25, 0.3) is 0 Å². The maximum atomic E-state index is 5.77. The summed E-state index contributed by atoms with van der Waals surface area (Å²) < 4.78 is 5.77. The van der Waals surface area contributed by atoms with Gasteiger partial charge in [-0.15, -0.1) is 0 Å². The summed E-state index contributed by atoms with van der Waals surface area (Å²) in [5.74, 6) is 0. The van der Waals surface area contributed by atoms with Gasteiger partial charge in [-0.1, -0.05) is 13.0 Å². The molecule has 0 spiro atoms. The first-order valence-corrected chi connectivity index (χ1v) is 8.41. The lowest BCUT2D eigenvalue weighted by molar-refractivity contribution is 0.115. The third-order valence-electron chi connectivity index (χ3n) is 4.26. The Hall–Kier alpha value is -1.06. The first kappa shape index (κ1) is 16.3. The lowest BCUT2D eigenvalue weighted by Gasteiger charge is -2.27. The number of aryl methyl sites for hydroxylation is 1. The molecule has 1 aliphatic heterocycles. The average Bonchev–Trinajstić information content (AvgIpc) is 2.99. The third kappa shape index (κ3) is 4.72. The highest BCUT2D eigenvalue weighted by Crippen LogP contribution is 2.22. The van der Waals surface area contributed by atoms with Gasteiger partial charge in [-0.2, -0.15) is 0 Å². The summed E-state index contributed by atoms with van der Waals surface area (Å²) in [4.78, 5) is 2.44. The molecular weight excluding hydrogens is 260 g/mol. The van der Waals surface area contributed by atoms with Crippen LogP contribution in [0.15, 0.2) is 18.2 Å². The Morgan fingerprint density at radius 1 is 1.33 bits per heavy atom. The van der Waals surface area contributed by atoms with E-state index in [1.54, 1.807) is 0 Å². The Bertz CT molecular complexity index is 427. The average molecular weight is 290 g/mol. The van der Waals surface area contributed by atoms with Crippen molar-refractivity contribution in [2.75, 3.05) is 31.1 Å². The normalized spacial score (nSPS) is 18.1. The number of nitrogens with zero attached hydrogens (tertiary/aromatic N) is 1.